The fourth-order valence-electron chi connectivity index (χ4n) is 2.82. The van der Waals surface area contributed by atoms with E-state index < -0.39 is 11.9 Å². The molecule has 0 N–H and O–H groups in total. The van der Waals surface area contributed by atoms with Crippen LogP contribution in [-0.4, -0.2) is 30.9 Å². The molecule has 2 aromatic rings. The lowest BCUT2D eigenvalue weighted by atomic mass is 10.0. The molecule has 6 heteroatoms. The van der Waals surface area contributed by atoms with Gasteiger partial charge in [-0.2, -0.15) is 0 Å². The van der Waals surface area contributed by atoms with Crippen LogP contribution in [-0.2, 0) is 9.47 Å². The number of hydrogen-bond donors (Lipinski definition) is 0. The number of ether oxygens (including phenoxy) is 2. The predicted octanol–water partition coefficient (Wildman–Crippen LogP) is 3.09. The molecule has 2 aromatic carbocycles. The Balaban J connectivity index is 1.88. The average molecular weight is 324 g/mol. The van der Waals surface area contributed by atoms with Crippen LogP contribution in [0.2, 0.25) is 0 Å². The Morgan fingerprint density at radius 1 is 0.875 bits per heavy atom. The van der Waals surface area contributed by atoms with Crippen LogP contribution >= 0.6 is 0 Å². The molecule has 0 unspecified atom stereocenters. The quantitative estimate of drug-likeness (QED) is 0.492. The normalized spacial score (nSPS) is 18.8. The van der Waals surface area contributed by atoms with Crippen LogP contribution in [0.25, 0.3) is 5.53 Å². The first kappa shape index (κ1) is 15.9. The van der Waals surface area contributed by atoms with Crippen LogP contribution in [0.3, 0.4) is 0 Å². The van der Waals surface area contributed by atoms with Crippen molar-refractivity contribution in [2.24, 2.45) is 0 Å². The first-order chi connectivity index (χ1) is 11.6. The highest BCUT2D eigenvalue weighted by atomic mass is 16.5. The molecule has 122 valence electrons. The van der Waals surface area contributed by atoms with Gasteiger partial charge in [0, 0.05) is 11.1 Å². The number of carbonyl (C=O) groups is 2. The van der Waals surface area contributed by atoms with E-state index in [1.807, 2.05) is 12.1 Å². The van der Waals surface area contributed by atoms with Gasteiger partial charge in [-0.15, -0.1) is 0 Å². The van der Waals surface area contributed by atoms with E-state index in [4.69, 9.17) is 9.47 Å². The van der Waals surface area contributed by atoms with Gasteiger partial charge in [-0.3, -0.25) is 4.70 Å². The van der Waals surface area contributed by atoms with Crippen molar-refractivity contribution in [2.45, 2.75) is 12.1 Å². The van der Waals surface area contributed by atoms with Gasteiger partial charge in [0.15, 0.2) is 0 Å². The molecule has 0 radical (unpaired) electrons. The highest BCUT2D eigenvalue weighted by molar-refractivity contribution is 5.90. The summed E-state index contributed by atoms with van der Waals surface area (Å²) in [4.78, 5) is 23.3. The zero-order valence-electron chi connectivity index (χ0n) is 13.3. The summed E-state index contributed by atoms with van der Waals surface area (Å²) >= 11 is 0. The second-order valence-electron chi connectivity index (χ2n) is 5.50. The Morgan fingerprint density at radius 2 is 1.29 bits per heavy atom. The lowest BCUT2D eigenvalue weighted by molar-refractivity contribution is -0.411. The maximum Gasteiger partial charge on any atom is 0.337 e. The molecule has 1 saturated heterocycles. The second-order valence-corrected chi connectivity index (χ2v) is 5.50. The van der Waals surface area contributed by atoms with E-state index in [0.717, 1.165) is 11.1 Å². The third kappa shape index (κ3) is 2.78. The molecular formula is C18H16N2O4. The summed E-state index contributed by atoms with van der Waals surface area (Å²) in [5, 5.41) is 0. The first-order valence-electron chi connectivity index (χ1n) is 7.40. The minimum Gasteiger partial charge on any atom is -0.505 e. The molecule has 1 fully saturated rings. The Labute approximate surface area is 139 Å². The van der Waals surface area contributed by atoms with E-state index in [1.165, 1.54) is 18.9 Å². The van der Waals surface area contributed by atoms with E-state index in [2.05, 4.69) is 0 Å². The number of hydrogen-bond acceptors (Lipinski definition) is 4. The van der Waals surface area contributed by atoms with Crippen molar-refractivity contribution in [3.8, 4) is 0 Å². The van der Waals surface area contributed by atoms with E-state index in [9.17, 15) is 15.1 Å². The lowest BCUT2D eigenvalue weighted by Gasteiger charge is -2.01. The summed E-state index contributed by atoms with van der Waals surface area (Å²) in [6.45, 7) is 0. The van der Waals surface area contributed by atoms with Crippen molar-refractivity contribution in [1.29, 1.82) is 0 Å². The number of rotatable bonds is 4. The molecule has 6 nitrogen and oxygen atoms in total. The number of nitrogens with zero attached hydrogens (tertiary/aromatic N) is 2. The molecule has 1 aliphatic heterocycles. The molecule has 24 heavy (non-hydrogen) atoms. The van der Waals surface area contributed by atoms with Crippen LogP contribution < -0.4 is 0 Å². The molecule has 1 heterocycles. The summed E-state index contributed by atoms with van der Waals surface area (Å²) < 4.78 is 10.6. The monoisotopic (exact) mass is 324 g/mol. The van der Waals surface area contributed by atoms with Crippen molar-refractivity contribution in [1.82, 2.24) is 0 Å². The Bertz CT molecular complexity index is 764. The van der Waals surface area contributed by atoms with E-state index in [-0.39, 0.29) is 12.1 Å². The molecule has 1 aliphatic rings. The van der Waals surface area contributed by atoms with Gasteiger partial charge in [0.05, 0.1) is 25.3 Å². The predicted molar refractivity (Wildman–Crippen MR) is 84.7 cm³/mol. The Kier molecular flexibility index (Phi) is 4.12. The van der Waals surface area contributed by atoms with Crippen molar-refractivity contribution < 1.29 is 23.8 Å². The Morgan fingerprint density at radius 3 is 1.67 bits per heavy atom. The topological polar surface area (TPSA) is 77.9 Å². The highest BCUT2D eigenvalue weighted by Crippen LogP contribution is 2.50. The van der Waals surface area contributed by atoms with E-state index >= 15 is 0 Å². The minimum absolute atomic E-state index is 0.275. The SMILES string of the molecule is COC(=O)c1cccc([C@@H]2[C@@H](c3cccc(C(=O)OC)c3)[N+]2=[N-])c1. The van der Waals surface area contributed by atoms with Crippen LogP contribution in [0.4, 0.5) is 0 Å². The zero-order chi connectivity index (χ0) is 17.3. The molecule has 0 bridgehead atoms. The van der Waals surface area contributed by atoms with E-state index in [0.29, 0.717) is 11.1 Å². The zero-order valence-corrected chi connectivity index (χ0v) is 13.3. The lowest BCUT2D eigenvalue weighted by Crippen LogP contribution is -2.02. The molecule has 0 saturated carbocycles. The minimum atomic E-state index is -0.425. The number of benzene rings is 2. The van der Waals surface area contributed by atoms with Gasteiger partial charge in [-0.05, 0) is 24.3 Å². The average Bonchev–Trinajstić information content (AvgIpc) is 3.31. The van der Waals surface area contributed by atoms with Crippen molar-refractivity contribution >= 4 is 11.9 Å². The molecule has 0 spiro atoms. The smallest absolute Gasteiger partial charge is 0.337 e. The first-order valence-corrected chi connectivity index (χ1v) is 7.40. The molecule has 2 atom stereocenters. The van der Waals surface area contributed by atoms with Gasteiger partial charge < -0.3 is 15.0 Å². The largest absolute Gasteiger partial charge is 0.505 e. The molecule has 0 aliphatic carbocycles. The van der Waals surface area contributed by atoms with Gasteiger partial charge in [-0.1, -0.05) is 24.3 Å². The summed E-state index contributed by atoms with van der Waals surface area (Å²) in [6, 6.07) is 13.3. The van der Waals surface area contributed by atoms with Gasteiger partial charge >= 0.3 is 11.9 Å². The standard InChI is InChI=1S/C18H16N2O4/c1-23-17(21)13-7-3-5-11(9-13)15-16(20(15)19)12-6-4-8-14(10-12)18(22)24-2/h3-10,15-16H,1-2H3/t15-,16-/m1/s1. The molecule has 3 rings (SSSR count). The number of methoxy groups -OCH3 is 2. The summed E-state index contributed by atoms with van der Waals surface area (Å²) in [5.74, 6) is -0.850. The molecular weight excluding hydrogens is 308 g/mol. The fourth-order valence-corrected chi connectivity index (χ4v) is 2.82. The maximum absolute atomic E-state index is 11.6. The van der Waals surface area contributed by atoms with Gasteiger partial charge in [0.1, 0.15) is 0 Å². The van der Waals surface area contributed by atoms with E-state index in [1.54, 1.807) is 36.4 Å². The summed E-state index contributed by atoms with van der Waals surface area (Å²) in [7, 11) is 2.65. The maximum atomic E-state index is 11.6. The summed E-state index contributed by atoms with van der Waals surface area (Å²) in [6.07, 6.45) is 0. The molecule has 0 amide bonds. The van der Waals surface area contributed by atoms with Crippen molar-refractivity contribution in [3.63, 3.8) is 0 Å². The molecule has 0 aromatic heterocycles. The third-order valence-electron chi connectivity index (χ3n) is 4.08. The fraction of sp³-hybridized carbons (Fsp3) is 0.222. The van der Waals surface area contributed by atoms with Crippen molar-refractivity contribution in [2.75, 3.05) is 14.2 Å². The van der Waals surface area contributed by atoms with Gasteiger partial charge in [-0.25, -0.2) is 9.59 Å². The van der Waals surface area contributed by atoms with Crippen LogP contribution in [0.15, 0.2) is 48.5 Å². The second kappa shape index (κ2) is 6.23. The van der Waals surface area contributed by atoms with Crippen LogP contribution in [0, 0.1) is 0 Å². The van der Waals surface area contributed by atoms with Gasteiger partial charge in [0.2, 0.25) is 12.1 Å². The van der Waals surface area contributed by atoms with Crippen LogP contribution in [0.1, 0.15) is 43.9 Å². The van der Waals surface area contributed by atoms with Crippen LogP contribution in [0.5, 0.6) is 0 Å². The number of esters is 2. The number of carbonyl (C=O) groups excluding carboxylic acids is 2. The van der Waals surface area contributed by atoms with Crippen molar-refractivity contribution in [3.05, 3.63) is 76.3 Å². The third-order valence-corrected chi connectivity index (χ3v) is 4.08. The highest BCUT2D eigenvalue weighted by Gasteiger charge is 2.53. The summed E-state index contributed by atoms with van der Waals surface area (Å²) in [5.41, 5.74) is 12.6. The van der Waals surface area contributed by atoms with Gasteiger partial charge in [0.25, 0.3) is 0 Å². The Hall–Kier alpha value is -3.02.